The number of thiazole rings is 1. The molecular weight excluding hydrogens is 264 g/mol. The molecule has 0 saturated carbocycles. The lowest BCUT2D eigenvalue weighted by atomic mass is 9.93. The summed E-state index contributed by atoms with van der Waals surface area (Å²) in [5.74, 6) is 0. The summed E-state index contributed by atoms with van der Waals surface area (Å²) in [7, 11) is 0. The second kappa shape index (κ2) is 7.00. The Labute approximate surface area is 126 Å². The molecule has 0 spiro atoms. The number of rotatable bonds is 6. The van der Waals surface area contributed by atoms with Gasteiger partial charge in [0.1, 0.15) is 5.01 Å². The smallest absolute Gasteiger partial charge is 0.107 e. The van der Waals surface area contributed by atoms with Crippen molar-refractivity contribution in [2.24, 2.45) is 0 Å². The zero-order chi connectivity index (χ0) is 14.4. The molecule has 0 bridgehead atoms. The molecule has 2 rings (SSSR count). The molecular formula is C17H24N2S. The Bertz CT molecular complexity index is 511. The fourth-order valence-electron chi connectivity index (χ4n) is 1.99. The highest BCUT2D eigenvalue weighted by Gasteiger charge is 2.16. The molecule has 0 atom stereocenters. The fraction of sp³-hybridized carbons (Fsp3) is 0.471. The summed E-state index contributed by atoms with van der Waals surface area (Å²) in [5, 5.41) is 6.86. The first-order chi connectivity index (χ1) is 9.55. The Kier molecular flexibility index (Phi) is 5.32. The first-order valence-corrected chi connectivity index (χ1v) is 8.13. The number of benzene rings is 1. The molecule has 20 heavy (non-hydrogen) atoms. The maximum absolute atomic E-state index is 4.69. The van der Waals surface area contributed by atoms with Crippen LogP contribution in [0.4, 0.5) is 0 Å². The summed E-state index contributed by atoms with van der Waals surface area (Å²) in [5.41, 5.74) is 2.77. The van der Waals surface area contributed by atoms with E-state index in [0.717, 1.165) is 19.5 Å². The van der Waals surface area contributed by atoms with E-state index in [2.05, 4.69) is 61.8 Å². The summed E-state index contributed by atoms with van der Waals surface area (Å²) >= 11 is 1.76. The highest BCUT2D eigenvalue weighted by molar-refractivity contribution is 7.09. The largest absolute Gasteiger partial charge is 0.310 e. The minimum atomic E-state index is 0.155. The molecule has 3 heteroatoms. The number of aromatic nitrogens is 1. The normalized spacial score (nSPS) is 11.8. The molecule has 0 aliphatic rings. The van der Waals surface area contributed by atoms with Gasteiger partial charge in [0.15, 0.2) is 0 Å². The topological polar surface area (TPSA) is 24.9 Å². The third kappa shape index (κ3) is 4.73. The Balaban J connectivity index is 1.67. The minimum absolute atomic E-state index is 0.155. The van der Waals surface area contributed by atoms with E-state index in [-0.39, 0.29) is 5.41 Å². The monoisotopic (exact) mass is 288 g/mol. The van der Waals surface area contributed by atoms with Crippen LogP contribution in [-0.2, 0) is 18.4 Å². The van der Waals surface area contributed by atoms with Gasteiger partial charge < -0.3 is 5.32 Å². The number of aryl methyl sites for hydroxylation is 1. The molecule has 2 aromatic rings. The van der Waals surface area contributed by atoms with E-state index in [1.807, 2.05) is 0 Å². The van der Waals surface area contributed by atoms with Crippen molar-refractivity contribution in [1.82, 2.24) is 10.3 Å². The van der Waals surface area contributed by atoms with Gasteiger partial charge in [-0.05, 0) is 24.9 Å². The van der Waals surface area contributed by atoms with E-state index in [9.17, 15) is 0 Å². The second-order valence-corrected chi connectivity index (χ2v) is 7.09. The van der Waals surface area contributed by atoms with Gasteiger partial charge >= 0.3 is 0 Å². The van der Waals surface area contributed by atoms with E-state index in [1.54, 1.807) is 11.3 Å². The molecule has 1 aromatic carbocycles. The Hall–Kier alpha value is -1.19. The average molecular weight is 288 g/mol. The lowest BCUT2D eigenvalue weighted by Gasteiger charge is -2.14. The molecule has 1 aromatic heterocycles. The zero-order valence-corrected chi connectivity index (χ0v) is 13.5. The van der Waals surface area contributed by atoms with Crippen LogP contribution >= 0.6 is 11.3 Å². The second-order valence-electron chi connectivity index (χ2n) is 6.14. The first kappa shape index (κ1) is 15.2. The maximum atomic E-state index is 4.69. The van der Waals surface area contributed by atoms with Crippen molar-refractivity contribution in [3.8, 4) is 0 Å². The number of hydrogen-bond acceptors (Lipinski definition) is 3. The van der Waals surface area contributed by atoms with Crippen molar-refractivity contribution in [2.45, 2.75) is 45.6 Å². The van der Waals surface area contributed by atoms with Crippen LogP contribution in [0.3, 0.4) is 0 Å². The number of nitrogens with one attached hydrogen (secondary N) is 1. The van der Waals surface area contributed by atoms with Crippen molar-refractivity contribution in [3.63, 3.8) is 0 Å². The molecule has 0 amide bonds. The molecule has 0 unspecified atom stereocenters. The summed E-state index contributed by atoms with van der Waals surface area (Å²) < 4.78 is 0. The molecule has 2 nitrogen and oxygen atoms in total. The van der Waals surface area contributed by atoms with Gasteiger partial charge in [-0.15, -0.1) is 11.3 Å². The molecule has 0 saturated heterocycles. The van der Waals surface area contributed by atoms with Gasteiger partial charge in [-0.2, -0.15) is 0 Å². The average Bonchev–Trinajstić information content (AvgIpc) is 2.88. The van der Waals surface area contributed by atoms with E-state index >= 15 is 0 Å². The lowest BCUT2D eigenvalue weighted by molar-refractivity contribution is 0.567. The van der Waals surface area contributed by atoms with Gasteiger partial charge in [0, 0.05) is 17.3 Å². The fourth-order valence-corrected chi connectivity index (χ4v) is 2.98. The van der Waals surface area contributed by atoms with Gasteiger partial charge in [0.2, 0.25) is 0 Å². The van der Waals surface area contributed by atoms with Crippen molar-refractivity contribution in [2.75, 3.05) is 6.54 Å². The third-order valence-electron chi connectivity index (χ3n) is 3.26. The quantitative estimate of drug-likeness (QED) is 0.807. The van der Waals surface area contributed by atoms with Crippen LogP contribution in [0.25, 0.3) is 0 Å². The summed E-state index contributed by atoms with van der Waals surface area (Å²) in [6.45, 7) is 8.55. The van der Waals surface area contributed by atoms with Crippen LogP contribution in [0.15, 0.2) is 35.7 Å². The first-order valence-electron chi connectivity index (χ1n) is 7.25. The predicted octanol–water partition coefficient (Wildman–Crippen LogP) is 4.16. The Morgan fingerprint density at radius 1 is 1.15 bits per heavy atom. The van der Waals surface area contributed by atoms with Crippen LogP contribution in [0, 0.1) is 0 Å². The number of nitrogens with zero attached hydrogens (tertiary/aromatic N) is 1. The third-order valence-corrected chi connectivity index (χ3v) is 4.11. The molecule has 0 fully saturated rings. The molecule has 1 N–H and O–H groups in total. The highest BCUT2D eigenvalue weighted by atomic mass is 32.1. The summed E-state index contributed by atoms with van der Waals surface area (Å²) in [6, 6.07) is 10.7. The van der Waals surface area contributed by atoms with Crippen LogP contribution in [0.1, 0.15) is 43.5 Å². The van der Waals surface area contributed by atoms with E-state index in [1.165, 1.54) is 22.7 Å². The van der Waals surface area contributed by atoms with E-state index in [0.29, 0.717) is 0 Å². The van der Waals surface area contributed by atoms with Gasteiger partial charge in [-0.3, -0.25) is 0 Å². The van der Waals surface area contributed by atoms with Crippen LogP contribution in [-0.4, -0.2) is 11.5 Å². The van der Waals surface area contributed by atoms with Crippen LogP contribution in [0.2, 0.25) is 0 Å². The molecule has 0 radical (unpaired) electrons. The molecule has 1 heterocycles. The van der Waals surface area contributed by atoms with E-state index in [4.69, 9.17) is 4.98 Å². The van der Waals surface area contributed by atoms with Gasteiger partial charge in [0.25, 0.3) is 0 Å². The highest BCUT2D eigenvalue weighted by Crippen LogP contribution is 2.23. The molecule has 0 aliphatic heterocycles. The number of hydrogen-bond donors (Lipinski definition) is 1. The van der Waals surface area contributed by atoms with Crippen molar-refractivity contribution >= 4 is 11.3 Å². The van der Waals surface area contributed by atoms with Gasteiger partial charge in [-0.25, -0.2) is 4.98 Å². The standard InChI is InChI=1S/C17H24N2S/c1-17(2,3)15-13-20-16(19-15)12-18-11-7-10-14-8-5-4-6-9-14/h4-6,8-9,13,18H,7,10-12H2,1-3H3. The zero-order valence-electron chi connectivity index (χ0n) is 12.6. The van der Waals surface area contributed by atoms with Crippen molar-refractivity contribution in [3.05, 3.63) is 52.0 Å². The Morgan fingerprint density at radius 3 is 2.55 bits per heavy atom. The minimum Gasteiger partial charge on any atom is -0.310 e. The SMILES string of the molecule is CC(C)(C)c1csc(CNCCCc2ccccc2)n1. The van der Waals surface area contributed by atoms with Gasteiger partial charge in [0.05, 0.1) is 5.69 Å². The maximum Gasteiger partial charge on any atom is 0.107 e. The van der Waals surface area contributed by atoms with Crippen molar-refractivity contribution in [1.29, 1.82) is 0 Å². The van der Waals surface area contributed by atoms with Gasteiger partial charge in [-0.1, -0.05) is 51.1 Å². The van der Waals surface area contributed by atoms with Crippen LogP contribution < -0.4 is 5.32 Å². The molecule has 108 valence electrons. The van der Waals surface area contributed by atoms with Crippen molar-refractivity contribution < 1.29 is 0 Å². The summed E-state index contributed by atoms with van der Waals surface area (Å²) in [4.78, 5) is 4.69. The predicted molar refractivity (Wildman–Crippen MR) is 87.3 cm³/mol. The summed E-state index contributed by atoms with van der Waals surface area (Å²) in [6.07, 6.45) is 2.31. The van der Waals surface area contributed by atoms with E-state index < -0.39 is 0 Å². The lowest BCUT2D eigenvalue weighted by Crippen LogP contribution is -2.16. The molecule has 0 aliphatic carbocycles. The van der Waals surface area contributed by atoms with Crippen LogP contribution in [0.5, 0.6) is 0 Å². The Morgan fingerprint density at radius 2 is 1.90 bits per heavy atom.